The number of carbonyl (C=O) groups excluding carboxylic acids is 2. The molecule has 1 saturated carbocycles. The zero-order valence-corrected chi connectivity index (χ0v) is 19.0. The Labute approximate surface area is 196 Å². The molecule has 3 N–H and O–H groups in total. The maximum absolute atomic E-state index is 12.7. The molecule has 172 valence electrons. The lowest BCUT2D eigenvalue weighted by Gasteiger charge is -2.38. The number of hydrogen-bond acceptors (Lipinski definition) is 5. The molecule has 34 heavy (non-hydrogen) atoms. The van der Waals surface area contributed by atoms with E-state index in [1.807, 2.05) is 35.2 Å². The molecular weight excluding hydrogens is 428 g/mol. The fraction of sp³-hybridized carbons (Fsp3) is 0.308. The fourth-order valence-electron chi connectivity index (χ4n) is 4.81. The number of amides is 2. The van der Waals surface area contributed by atoms with Crippen molar-refractivity contribution in [1.29, 1.82) is 0 Å². The number of carbonyl (C=O) groups is 2. The molecule has 3 heterocycles. The Morgan fingerprint density at radius 3 is 2.74 bits per heavy atom. The van der Waals surface area contributed by atoms with Gasteiger partial charge in [0.15, 0.2) is 0 Å². The van der Waals surface area contributed by atoms with E-state index in [0.29, 0.717) is 17.5 Å². The highest BCUT2D eigenvalue weighted by molar-refractivity contribution is 6.08. The van der Waals surface area contributed by atoms with Gasteiger partial charge in [-0.3, -0.25) is 9.59 Å². The normalized spacial score (nSPS) is 16.1. The number of nitrogens with zero attached hydrogens (tertiary/aromatic N) is 4. The summed E-state index contributed by atoms with van der Waals surface area (Å²) in [6, 6.07) is 12.3. The van der Waals surface area contributed by atoms with E-state index in [1.54, 1.807) is 13.1 Å². The number of aromatic nitrogens is 3. The third-order valence-corrected chi connectivity index (χ3v) is 6.84. The zero-order valence-electron chi connectivity index (χ0n) is 19.0. The summed E-state index contributed by atoms with van der Waals surface area (Å²) < 4.78 is 2.12. The highest BCUT2D eigenvalue weighted by Gasteiger charge is 2.29. The summed E-state index contributed by atoms with van der Waals surface area (Å²) in [6.45, 7) is 3.88. The van der Waals surface area contributed by atoms with Crippen LogP contribution in [0.25, 0.3) is 32.9 Å². The molecule has 0 atom stereocenters. The number of anilines is 1. The summed E-state index contributed by atoms with van der Waals surface area (Å²) >= 11 is 0. The molecule has 2 aromatic carbocycles. The van der Waals surface area contributed by atoms with Gasteiger partial charge in [0.25, 0.3) is 5.91 Å². The van der Waals surface area contributed by atoms with E-state index in [9.17, 15) is 9.59 Å². The van der Waals surface area contributed by atoms with Crippen LogP contribution in [0.3, 0.4) is 0 Å². The second-order valence-electron chi connectivity index (χ2n) is 9.44. The third kappa shape index (κ3) is 3.65. The molecule has 1 aliphatic carbocycles. The first-order valence-corrected chi connectivity index (χ1v) is 11.7. The number of nitrogens with two attached hydrogens (primary N) is 1. The van der Waals surface area contributed by atoms with Crippen LogP contribution < -0.4 is 11.1 Å². The number of nitrogens with one attached hydrogen (secondary N) is 1. The molecule has 1 saturated heterocycles. The summed E-state index contributed by atoms with van der Waals surface area (Å²) in [4.78, 5) is 34.9. The van der Waals surface area contributed by atoms with Gasteiger partial charge in [-0.15, -0.1) is 0 Å². The number of hydrogen-bond donors (Lipinski definition) is 2. The summed E-state index contributed by atoms with van der Waals surface area (Å²) in [5, 5.41) is 5.96. The minimum atomic E-state index is -0.0126. The standard InChI is InChI=1S/C26H26N6O2/c1-15(33)31-11-16(12-31)13-32-14-23(22-10-28-26(27)30-24(22)32)18-5-8-20-17(9-18)3-2-4-21(20)25(34)29-19-6-7-19/h2-5,8-10,14,16,19H,6-7,11-13H2,1H3,(H,29,34)(H2,27,28,30). The lowest BCUT2D eigenvalue weighted by molar-refractivity contribution is -0.135. The smallest absolute Gasteiger partial charge is 0.252 e. The molecule has 0 radical (unpaired) electrons. The summed E-state index contributed by atoms with van der Waals surface area (Å²) in [5.74, 6) is 0.721. The highest BCUT2D eigenvalue weighted by Crippen LogP contribution is 2.34. The Bertz CT molecular complexity index is 1450. The van der Waals surface area contributed by atoms with Crippen molar-refractivity contribution in [3.8, 4) is 11.1 Å². The maximum Gasteiger partial charge on any atom is 0.252 e. The Balaban J connectivity index is 1.37. The van der Waals surface area contributed by atoms with Crippen LogP contribution in [-0.4, -0.2) is 50.4 Å². The topological polar surface area (TPSA) is 106 Å². The molecule has 0 bridgehead atoms. The molecule has 2 amide bonds. The molecule has 8 heteroatoms. The lowest BCUT2D eigenvalue weighted by atomic mass is 9.98. The average molecular weight is 455 g/mol. The van der Waals surface area contributed by atoms with Gasteiger partial charge in [-0.05, 0) is 41.3 Å². The highest BCUT2D eigenvalue weighted by atomic mass is 16.2. The van der Waals surface area contributed by atoms with Crippen LogP contribution in [-0.2, 0) is 11.3 Å². The van der Waals surface area contributed by atoms with Crippen LogP contribution in [0, 0.1) is 5.92 Å². The van der Waals surface area contributed by atoms with Gasteiger partial charge in [0.05, 0.1) is 0 Å². The predicted octanol–water partition coefficient (Wildman–Crippen LogP) is 3.20. The van der Waals surface area contributed by atoms with Gasteiger partial charge >= 0.3 is 0 Å². The van der Waals surface area contributed by atoms with Crippen molar-refractivity contribution >= 4 is 39.6 Å². The van der Waals surface area contributed by atoms with Crippen molar-refractivity contribution < 1.29 is 9.59 Å². The molecule has 1 aliphatic heterocycles. The SMILES string of the molecule is CC(=O)N1CC(Cn2cc(-c3ccc4c(C(=O)NC5CC5)cccc4c3)c3cnc(N)nc32)C1. The van der Waals surface area contributed by atoms with Crippen molar-refractivity contribution in [2.24, 2.45) is 5.92 Å². The largest absolute Gasteiger partial charge is 0.368 e. The molecule has 2 aromatic heterocycles. The Kier molecular flexibility index (Phi) is 4.76. The minimum Gasteiger partial charge on any atom is -0.368 e. The minimum absolute atomic E-state index is 0.0126. The van der Waals surface area contributed by atoms with Crippen LogP contribution in [0.5, 0.6) is 0 Å². The molecule has 8 nitrogen and oxygen atoms in total. The Morgan fingerprint density at radius 2 is 1.97 bits per heavy atom. The van der Waals surface area contributed by atoms with E-state index >= 15 is 0 Å². The van der Waals surface area contributed by atoms with Crippen LogP contribution in [0.2, 0.25) is 0 Å². The lowest BCUT2D eigenvalue weighted by Crippen LogP contribution is -2.50. The van der Waals surface area contributed by atoms with Gasteiger partial charge < -0.3 is 20.5 Å². The number of rotatable bonds is 5. The quantitative estimate of drug-likeness (QED) is 0.482. The van der Waals surface area contributed by atoms with Crippen LogP contribution >= 0.6 is 0 Å². The first kappa shape index (κ1) is 20.7. The monoisotopic (exact) mass is 454 g/mol. The van der Waals surface area contributed by atoms with E-state index in [4.69, 9.17) is 5.73 Å². The second-order valence-corrected chi connectivity index (χ2v) is 9.44. The van der Waals surface area contributed by atoms with Gasteiger partial charge in [-0.25, -0.2) is 4.98 Å². The van der Waals surface area contributed by atoms with E-state index in [0.717, 1.165) is 65.4 Å². The fourth-order valence-corrected chi connectivity index (χ4v) is 4.81. The maximum atomic E-state index is 12.7. The Hall–Kier alpha value is -3.94. The molecule has 0 spiro atoms. The first-order valence-electron chi connectivity index (χ1n) is 11.7. The average Bonchev–Trinajstić information content (AvgIpc) is 3.54. The van der Waals surface area contributed by atoms with E-state index in [1.165, 1.54) is 0 Å². The van der Waals surface area contributed by atoms with Crippen LogP contribution in [0.1, 0.15) is 30.1 Å². The van der Waals surface area contributed by atoms with E-state index in [2.05, 4.69) is 32.1 Å². The number of nitrogen functional groups attached to an aromatic ring is 1. The Morgan fingerprint density at radius 1 is 1.15 bits per heavy atom. The second kappa shape index (κ2) is 7.83. The van der Waals surface area contributed by atoms with Crippen molar-refractivity contribution in [3.05, 3.63) is 54.4 Å². The molecule has 2 fully saturated rings. The third-order valence-electron chi connectivity index (χ3n) is 6.84. The van der Waals surface area contributed by atoms with E-state index in [-0.39, 0.29) is 17.8 Å². The number of likely N-dealkylation sites (tertiary alicyclic amines) is 1. The first-order chi connectivity index (χ1) is 16.5. The molecule has 0 unspecified atom stereocenters. The van der Waals surface area contributed by atoms with Gasteiger partial charge in [0.1, 0.15) is 5.65 Å². The van der Waals surface area contributed by atoms with Crippen molar-refractivity contribution in [1.82, 2.24) is 24.8 Å². The summed E-state index contributed by atoms with van der Waals surface area (Å²) in [7, 11) is 0. The van der Waals surface area contributed by atoms with Gasteiger partial charge in [-0.2, -0.15) is 4.98 Å². The summed E-state index contributed by atoms with van der Waals surface area (Å²) in [6.07, 6.45) is 5.99. The van der Waals surface area contributed by atoms with Crippen molar-refractivity contribution in [2.75, 3.05) is 18.8 Å². The van der Waals surface area contributed by atoms with E-state index < -0.39 is 0 Å². The zero-order chi connectivity index (χ0) is 23.4. The summed E-state index contributed by atoms with van der Waals surface area (Å²) in [5.41, 5.74) is 9.46. The van der Waals surface area contributed by atoms with Crippen molar-refractivity contribution in [3.63, 3.8) is 0 Å². The van der Waals surface area contributed by atoms with Crippen LogP contribution in [0.4, 0.5) is 5.95 Å². The van der Waals surface area contributed by atoms with Gasteiger partial charge in [0.2, 0.25) is 11.9 Å². The number of fused-ring (bicyclic) bond motifs is 2. The van der Waals surface area contributed by atoms with Gasteiger partial charge in [-0.1, -0.05) is 24.3 Å². The predicted molar refractivity (Wildman–Crippen MR) is 131 cm³/mol. The number of benzene rings is 2. The van der Waals surface area contributed by atoms with Crippen molar-refractivity contribution in [2.45, 2.75) is 32.4 Å². The van der Waals surface area contributed by atoms with Gasteiger partial charge in [0, 0.05) is 67.4 Å². The molecule has 2 aliphatic rings. The van der Waals surface area contributed by atoms with Crippen LogP contribution in [0.15, 0.2) is 48.8 Å². The molecular formula is C26H26N6O2. The molecule has 6 rings (SSSR count). The molecule has 4 aromatic rings.